The molecule has 0 N–H and O–H groups in total. The lowest BCUT2D eigenvalue weighted by molar-refractivity contribution is -0.140. The minimum atomic E-state index is -4.59. The molecule has 0 spiro atoms. The van der Waals surface area contributed by atoms with Crippen LogP contribution in [-0.2, 0) is 20.5 Å². The Morgan fingerprint density at radius 2 is 2.04 bits per heavy atom. The number of carbonyl (C=O) groups excluding carboxylic acids is 1. The van der Waals surface area contributed by atoms with Crippen LogP contribution in [0.4, 0.5) is 18.9 Å². The molecule has 7 nitrogen and oxygen atoms in total. The average molecular weight is 416 g/mol. The Hall–Kier alpha value is -3.03. The molecule has 0 aliphatic heterocycles. The summed E-state index contributed by atoms with van der Waals surface area (Å²) in [6.45, 7) is -0.315. The number of nitrogens with zero attached hydrogens (tertiary/aromatic N) is 3. The Morgan fingerprint density at radius 3 is 2.57 bits per heavy atom. The molecular formula is C17H13ClF3N3O4. The first-order chi connectivity index (χ1) is 13.2. The van der Waals surface area contributed by atoms with E-state index in [1.165, 1.54) is 32.4 Å². The lowest BCUT2D eigenvalue weighted by Gasteiger charge is -2.22. The van der Waals surface area contributed by atoms with E-state index in [4.69, 9.17) is 21.2 Å². The number of aromatic nitrogens is 1. The molecule has 0 fully saturated rings. The van der Waals surface area contributed by atoms with E-state index in [0.717, 1.165) is 5.06 Å². The highest BCUT2D eigenvalue weighted by molar-refractivity contribution is 6.31. The van der Waals surface area contributed by atoms with Crippen LogP contribution in [0.3, 0.4) is 0 Å². The van der Waals surface area contributed by atoms with Gasteiger partial charge in [0.05, 0.1) is 31.0 Å². The van der Waals surface area contributed by atoms with Crippen molar-refractivity contribution in [1.29, 1.82) is 5.26 Å². The number of anilines is 1. The predicted octanol–water partition coefficient (Wildman–Crippen LogP) is 3.96. The molecule has 0 saturated heterocycles. The molecule has 1 aromatic heterocycles. The Kier molecular flexibility index (Phi) is 6.66. The van der Waals surface area contributed by atoms with E-state index in [9.17, 15) is 23.2 Å². The van der Waals surface area contributed by atoms with Gasteiger partial charge in [-0.2, -0.15) is 18.4 Å². The minimum absolute atomic E-state index is 0.107. The number of hydroxylamine groups is 1. The van der Waals surface area contributed by atoms with Crippen LogP contribution in [-0.4, -0.2) is 31.7 Å². The highest BCUT2D eigenvalue weighted by Crippen LogP contribution is 2.35. The number of hydrogen-bond acceptors (Lipinski definition) is 7. The van der Waals surface area contributed by atoms with E-state index in [1.807, 2.05) is 6.07 Å². The van der Waals surface area contributed by atoms with Gasteiger partial charge in [-0.3, -0.25) is 9.63 Å². The summed E-state index contributed by atoms with van der Waals surface area (Å²) in [5.41, 5.74) is -0.686. The van der Waals surface area contributed by atoms with E-state index in [-0.39, 0.29) is 34.4 Å². The molecule has 0 amide bonds. The lowest BCUT2D eigenvalue weighted by Crippen LogP contribution is -2.30. The highest BCUT2D eigenvalue weighted by Gasteiger charge is 2.31. The van der Waals surface area contributed by atoms with Crippen LogP contribution < -0.4 is 9.80 Å². The number of rotatable bonds is 6. The number of pyridine rings is 1. The van der Waals surface area contributed by atoms with Gasteiger partial charge in [0.1, 0.15) is 23.4 Å². The third-order valence-corrected chi connectivity index (χ3v) is 3.70. The van der Waals surface area contributed by atoms with Crippen LogP contribution in [0.25, 0.3) is 0 Å². The summed E-state index contributed by atoms with van der Waals surface area (Å²) in [7, 11) is 2.48. The fraction of sp³-hybridized carbons (Fsp3) is 0.235. The van der Waals surface area contributed by atoms with Gasteiger partial charge in [-0.05, 0) is 18.2 Å². The third-order valence-electron chi connectivity index (χ3n) is 3.43. The van der Waals surface area contributed by atoms with Crippen LogP contribution in [0.5, 0.6) is 11.6 Å². The summed E-state index contributed by atoms with van der Waals surface area (Å²) in [5, 5.41) is 10.0. The molecule has 148 valence electrons. The third kappa shape index (κ3) is 5.03. The number of hydrogen-bond donors (Lipinski definition) is 0. The molecule has 0 saturated carbocycles. The largest absolute Gasteiger partial charge is 0.468 e. The molecule has 28 heavy (non-hydrogen) atoms. The fourth-order valence-electron chi connectivity index (χ4n) is 2.07. The summed E-state index contributed by atoms with van der Waals surface area (Å²) in [4.78, 5) is 20.2. The van der Waals surface area contributed by atoms with E-state index < -0.39 is 17.7 Å². The lowest BCUT2D eigenvalue weighted by atomic mass is 10.2. The van der Waals surface area contributed by atoms with Gasteiger partial charge in [0.15, 0.2) is 0 Å². The Morgan fingerprint density at radius 1 is 1.32 bits per heavy atom. The Balaban J connectivity index is 2.35. The van der Waals surface area contributed by atoms with Gasteiger partial charge >= 0.3 is 12.1 Å². The smallest absolute Gasteiger partial charge is 0.417 e. The standard InChI is InChI=1S/C17H13ClF3N3O4/c1-26-15(25)9-24(27-2)14-6-12(4-3-10(14)7-22)28-16-13(18)5-11(8-23-16)17(19,20)21/h3-6,8H,9H2,1-2H3. The van der Waals surface area contributed by atoms with Crippen LogP contribution in [0, 0.1) is 11.3 Å². The fourth-order valence-corrected chi connectivity index (χ4v) is 2.28. The molecule has 2 rings (SSSR count). The number of esters is 1. The molecule has 2 aromatic rings. The number of benzene rings is 1. The second kappa shape index (κ2) is 8.77. The van der Waals surface area contributed by atoms with Crippen LogP contribution >= 0.6 is 11.6 Å². The van der Waals surface area contributed by atoms with Gasteiger partial charge in [-0.1, -0.05) is 11.6 Å². The van der Waals surface area contributed by atoms with E-state index >= 15 is 0 Å². The zero-order valence-corrected chi connectivity index (χ0v) is 15.3. The van der Waals surface area contributed by atoms with Gasteiger partial charge in [-0.25, -0.2) is 10.0 Å². The normalized spacial score (nSPS) is 10.9. The summed E-state index contributed by atoms with van der Waals surface area (Å²) < 4.78 is 48.1. The summed E-state index contributed by atoms with van der Waals surface area (Å²) in [6.07, 6.45) is -4.01. The first-order valence-corrected chi connectivity index (χ1v) is 7.90. The second-order valence-corrected chi connectivity index (χ2v) is 5.60. The van der Waals surface area contributed by atoms with E-state index in [2.05, 4.69) is 9.72 Å². The van der Waals surface area contributed by atoms with E-state index in [1.54, 1.807) is 0 Å². The Bertz CT molecular complexity index is 915. The van der Waals surface area contributed by atoms with Gasteiger partial charge in [0, 0.05) is 12.3 Å². The van der Waals surface area contributed by atoms with Crippen LogP contribution in [0.2, 0.25) is 5.02 Å². The van der Waals surface area contributed by atoms with Gasteiger partial charge < -0.3 is 9.47 Å². The van der Waals surface area contributed by atoms with Crippen molar-refractivity contribution in [3.63, 3.8) is 0 Å². The molecule has 1 aromatic carbocycles. The van der Waals surface area contributed by atoms with Crippen molar-refractivity contribution in [2.75, 3.05) is 25.8 Å². The van der Waals surface area contributed by atoms with Crippen LogP contribution in [0.1, 0.15) is 11.1 Å². The van der Waals surface area contributed by atoms with Crippen molar-refractivity contribution in [1.82, 2.24) is 4.98 Å². The van der Waals surface area contributed by atoms with Gasteiger partial charge in [-0.15, -0.1) is 0 Å². The van der Waals surface area contributed by atoms with Crippen molar-refractivity contribution in [3.05, 3.63) is 46.6 Å². The molecule has 0 bridgehead atoms. The quantitative estimate of drug-likeness (QED) is 0.521. The first-order valence-electron chi connectivity index (χ1n) is 7.52. The maximum absolute atomic E-state index is 12.7. The summed E-state index contributed by atoms with van der Waals surface area (Å²) in [6, 6.07) is 6.74. The van der Waals surface area contributed by atoms with E-state index in [0.29, 0.717) is 12.3 Å². The predicted molar refractivity (Wildman–Crippen MR) is 91.9 cm³/mol. The average Bonchev–Trinajstić information content (AvgIpc) is 2.66. The van der Waals surface area contributed by atoms with Gasteiger partial charge in [0.2, 0.25) is 5.88 Å². The molecule has 11 heteroatoms. The van der Waals surface area contributed by atoms with Gasteiger partial charge in [0.25, 0.3) is 0 Å². The Labute approximate surface area is 162 Å². The molecule has 0 aliphatic carbocycles. The zero-order valence-electron chi connectivity index (χ0n) is 14.6. The summed E-state index contributed by atoms with van der Waals surface area (Å²) in [5.74, 6) is -0.776. The number of alkyl halides is 3. The van der Waals surface area contributed by atoms with Crippen molar-refractivity contribution < 1.29 is 32.3 Å². The van der Waals surface area contributed by atoms with Crippen molar-refractivity contribution in [3.8, 4) is 17.7 Å². The van der Waals surface area contributed by atoms with Crippen molar-refractivity contribution in [2.45, 2.75) is 6.18 Å². The summed E-state index contributed by atoms with van der Waals surface area (Å²) >= 11 is 5.83. The number of carbonyl (C=O) groups is 1. The van der Waals surface area contributed by atoms with Crippen LogP contribution in [0.15, 0.2) is 30.5 Å². The maximum atomic E-state index is 12.7. The van der Waals surface area contributed by atoms with Crippen molar-refractivity contribution in [2.24, 2.45) is 0 Å². The second-order valence-electron chi connectivity index (χ2n) is 5.20. The number of nitriles is 1. The first kappa shape index (κ1) is 21.3. The topological polar surface area (TPSA) is 84.7 Å². The van der Waals surface area contributed by atoms with Crippen molar-refractivity contribution >= 4 is 23.3 Å². The molecule has 0 unspecified atom stereocenters. The molecule has 0 aliphatic rings. The molecular weight excluding hydrogens is 403 g/mol. The zero-order chi connectivity index (χ0) is 20.9. The molecule has 0 atom stereocenters. The molecule has 0 radical (unpaired) electrons. The SMILES string of the molecule is COC(=O)CN(OC)c1cc(Oc2ncc(C(F)(F)F)cc2Cl)ccc1C#N. The monoisotopic (exact) mass is 415 g/mol. The highest BCUT2D eigenvalue weighted by atomic mass is 35.5. The molecule has 1 heterocycles. The number of ether oxygens (including phenoxy) is 2. The number of halogens is 4. The maximum Gasteiger partial charge on any atom is 0.417 e. The minimum Gasteiger partial charge on any atom is -0.468 e. The number of methoxy groups -OCH3 is 1.